The van der Waals surface area contributed by atoms with Gasteiger partial charge in [0.15, 0.2) is 0 Å². The fourth-order valence-corrected chi connectivity index (χ4v) is 2.71. The number of hydrogen-bond acceptors (Lipinski definition) is 3. The number of rotatable bonds is 3. The minimum Gasteiger partial charge on any atom is -0.205 e. The molecule has 0 aliphatic carbocycles. The molecule has 0 saturated carbocycles. The lowest BCUT2D eigenvalue weighted by Gasteiger charge is -2.11. The summed E-state index contributed by atoms with van der Waals surface area (Å²) in [7, 11) is 0. The molecule has 0 N–H and O–H groups in total. The number of aromatic nitrogens is 2. The Bertz CT molecular complexity index is 624. The molecule has 20 heavy (non-hydrogen) atoms. The van der Waals surface area contributed by atoms with Crippen LogP contribution in [-0.2, 0) is 19.0 Å². The molecule has 0 aliphatic rings. The molecular formula is C12H9ClF4N2S. The van der Waals surface area contributed by atoms with Crippen molar-refractivity contribution in [1.82, 2.24) is 10.2 Å². The van der Waals surface area contributed by atoms with Crippen molar-refractivity contribution in [3.8, 4) is 0 Å². The van der Waals surface area contributed by atoms with Crippen LogP contribution in [0.25, 0.3) is 0 Å². The number of nitrogens with zero attached hydrogens (tertiary/aromatic N) is 2. The van der Waals surface area contributed by atoms with Gasteiger partial charge in [-0.05, 0) is 18.1 Å². The van der Waals surface area contributed by atoms with Gasteiger partial charge in [0.1, 0.15) is 15.8 Å². The number of benzene rings is 1. The van der Waals surface area contributed by atoms with Gasteiger partial charge in [-0.15, -0.1) is 21.5 Å². The molecule has 1 aromatic carbocycles. The summed E-state index contributed by atoms with van der Waals surface area (Å²) in [6, 6.07) is 1.86. The summed E-state index contributed by atoms with van der Waals surface area (Å²) in [5.41, 5.74) is -1.10. The van der Waals surface area contributed by atoms with Crippen LogP contribution in [0.2, 0.25) is 5.02 Å². The van der Waals surface area contributed by atoms with E-state index >= 15 is 0 Å². The van der Waals surface area contributed by atoms with E-state index in [4.69, 9.17) is 11.6 Å². The Labute approximate surface area is 121 Å². The van der Waals surface area contributed by atoms with E-state index in [0.29, 0.717) is 11.4 Å². The molecule has 2 rings (SSSR count). The molecule has 0 atom stereocenters. The summed E-state index contributed by atoms with van der Waals surface area (Å²) in [6.45, 7) is 1.90. The van der Waals surface area contributed by atoms with Gasteiger partial charge in [0, 0.05) is 6.42 Å². The maximum atomic E-state index is 13.9. The zero-order chi connectivity index (χ0) is 14.9. The summed E-state index contributed by atoms with van der Waals surface area (Å²) in [5.74, 6) is -1.06. The molecule has 108 valence electrons. The molecule has 0 spiro atoms. The molecule has 8 heteroatoms. The number of alkyl halides is 3. The molecule has 0 saturated heterocycles. The zero-order valence-electron chi connectivity index (χ0n) is 10.3. The molecule has 1 aromatic heterocycles. The van der Waals surface area contributed by atoms with E-state index in [1.54, 1.807) is 0 Å². The smallest absolute Gasteiger partial charge is 0.205 e. The van der Waals surface area contributed by atoms with E-state index in [1.165, 1.54) is 11.3 Å². The van der Waals surface area contributed by atoms with Crippen molar-refractivity contribution in [3.63, 3.8) is 0 Å². The average Bonchev–Trinajstić information content (AvgIpc) is 2.81. The first-order valence-electron chi connectivity index (χ1n) is 5.68. The van der Waals surface area contributed by atoms with Gasteiger partial charge in [-0.3, -0.25) is 0 Å². The Balaban J connectivity index is 2.32. The van der Waals surface area contributed by atoms with Gasteiger partial charge in [-0.1, -0.05) is 24.6 Å². The van der Waals surface area contributed by atoms with E-state index in [-0.39, 0.29) is 12.0 Å². The Morgan fingerprint density at radius 1 is 1.20 bits per heavy atom. The molecular weight excluding hydrogens is 316 g/mol. The fraction of sp³-hybridized carbons (Fsp3) is 0.333. The Morgan fingerprint density at radius 3 is 2.40 bits per heavy atom. The second-order valence-electron chi connectivity index (χ2n) is 4.02. The number of halogens is 5. The average molecular weight is 325 g/mol. The third-order valence-electron chi connectivity index (χ3n) is 2.62. The van der Waals surface area contributed by atoms with Crippen molar-refractivity contribution in [2.75, 3.05) is 0 Å². The largest absolute Gasteiger partial charge is 0.417 e. The van der Waals surface area contributed by atoms with Crippen LogP contribution in [0.4, 0.5) is 17.6 Å². The third kappa shape index (κ3) is 3.09. The lowest BCUT2D eigenvalue weighted by atomic mass is 10.1. The van der Waals surface area contributed by atoms with E-state index in [2.05, 4.69) is 10.2 Å². The maximum Gasteiger partial charge on any atom is 0.417 e. The van der Waals surface area contributed by atoms with Crippen molar-refractivity contribution >= 4 is 22.9 Å². The summed E-state index contributed by atoms with van der Waals surface area (Å²) in [6.07, 6.45) is -3.90. The number of hydrogen-bond donors (Lipinski definition) is 0. The fourth-order valence-electron chi connectivity index (χ4n) is 1.61. The molecule has 0 aliphatic heterocycles. The van der Waals surface area contributed by atoms with Crippen LogP contribution in [0.5, 0.6) is 0 Å². The van der Waals surface area contributed by atoms with Crippen LogP contribution >= 0.6 is 22.9 Å². The summed E-state index contributed by atoms with van der Waals surface area (Å²) >= 11 is 6.75. The molecule has 2 nitrogen and oxygen atoms in total. The molecule has 1 heterocycles. The first kappa shape index (κ1) is 15.2. The van der Waals surface area contributed by atoms with Gasteiger partial charge in [0.25, 0.3) is 0 Å². The maximum absolute atomic E-state index is 13.9. The van der Waals surface area contributed by atoms with Crippen LogP contribution in [0.1, 0.15) is 28.1 Å². The molecule has 0 fully saturated rings. The standard InChI is InChI=1S/C12H9ClF4N2S/c1-2-8-18-19-9(20-8)5-6-3-4-7(12(15,16)17)10(13)11(6)14/h3-4H,2,5H2,1H3. The van der Waals surface area contributed by atoms with Crippen LogP contribution in [0.3, 0.4) is 0 Å². The van der Waals surface area contributed by atoms with Crippen molar-refractivity contribution in [2.45, 2.75) is 25.9 Å². The Hall–Kier alpha value is -1.21. The lowest BCUT2D eigenvalue weighted by Crippen LogP contribution is -2.08. The van der Waals surface area contributed by atoms with E-state index in [9.17, 15) is 17.6 Å². The topological polar surface area (TPSA) is 25.8 Å². The first-order valence-corrected chi connectivity index (χ1v) is 6.87. The highest BCUT2D eigenvalue weighted by atomic mass is 35.5. The van der Waals surface area contributed by atoms with Gasteiger partial charge < -0.3 is 0 Å². The van der Waals surface area contributed by atoms with Gasteiger partial charge in [-0.25, -0.2) is 4.39 Å². The predicted octanol–water partition coefficient (Wildman–Crippen LogP) is 4.50. The van der Waals surface area contributed by atoms with Crippen molar-refractivity contribution in [1.29, 1.82) is 0 Å². The second kappa shape index (κ2) is 5.65. The SMILES string of the molecule is CCc1nnc(Cc2ccc(C(F)(F)F)c(Cl)c2F)s1. The third-order valence-corrected chi connectivity index (χ3v) is 4.06. The normalized spacial score (nSPS) is 11.9. The summed E-state index contributed by atoms with van der Waals surface area (Å²) in [5, 5.41) is 8.16. The van der Waals surface area contributed by atoms with Crippen LogP contribution in [0, 0.1) is 5.82 Å². The molecule has 2 aromatic rings. The molecule has 0 bridgehead atoms. The molecule has 0 amide bonds. The monoisotopic (exact) mass is 324 g/mol. The van der Waals surface area contributed by atoms with E-state index in [1.807, 2.05) is 6.92 Å². The highest BCUT2D eigenvalue weighted by Crippen LogP contribution is 2.37. The lowest BCUT2D eigenvalue weighted by molar-refractivity contribution is -0.137. The zero-order valence-corrected chi connectivity index (χ0v) is 11.8. The van der Waals surface area contributed by atoms with Gasteiger partial charge in [0.05, 0.1) is 10.6 Å². The van der Waals surface area contributed by atoms with Crippen molar-refractivity contribution < 1.29 is 17.6 Å². The van der Waals surface area contributed by atoms with Crippen LogP contribution < -0.4 is 0 Å². The highest BCUT2D eigenvalue weighted by molar-refractivity contribution is 7.11. The minimum absolute atomic E-state index is 0.0708. The minimum atomic E-state index is -4.67. The van der Waals surface area contributed by atoms with Crippen molar-refractivity contribution in [3.05, 3.63) is 44.1 Å². The quantitative estimate of drug-likeness (QED) is 0.777. The van der Waals surface area contributed by atoms with E-state index < -0.39 is 22.6 Å². The molecule has 0 unspecified atom stereocenters. The van der Waals surface area contributed by atoms with Gasteiger partial charge >= 0.3 is 6.18 Å². The number of aryl methyl sites for hydroxylation is 1. The van der Waals surface area contributed by atoms with Gasteiger partial charge in [-0.2, -0.15) is 13.2 Å². The Morgan fingerprint density at radius 2 is 1.85 bits per heavy atom. The van der Waals surface area contributed by atoms with E-state index in [0.717, 1.165) is 17.1 Å². The summed E-state index contributed by atoms with van der Waals surface area (Å²) in [4.78, 5) is 0. The predicted molar refractivity (Wildman–Crippen MR) is 68.5 cm³/mol. The van der Waals surface area contributed by atoms with Crippen LogP contribution in [0.15, 0.2) is 12.1 Å². The highest BCUT2D eigenvalue weighted by Gasteiger charge is 2.34. The Kier molecular flexibility index (Phi) is 4.29. The second-order valence-corrected chi connectivity index (χ2v) is 5.54. The van der Waals surface area contributed by atoms with Crippen LogP contribution in [-0.4, -0.2) is 10.2 Å². The summed E-state index contributed by atoms with van der Waals surface area (Å²) < 4.78 is 51.6. The first-order chi connectivity index (χ1) is 9.32. The van der Waals surface area contributed by atoms with Gasteiger partial charge in [0.2, 0.25) is 0 Å². The van der Waals surface area contributed by atoms with Crippen molar-refractivity contribution in [2.24, 2.45) is 0 Å². The molecule has 0 radical (unpaired) electrons.